The summed E-state index contributed by atoms with van der Waals surface area (Å²) in [6, 6.07) is 10.8. The van der Waals surface area contributed by atoms with Gasteiger partial charge in [0.15, 0.2) is 5.78 Å². The van der Waals surface area contributed by atoms with Crippen LogP contribution in [-0.2, 0) is 9.59 Å². The lowest BCUT2D eigenvalue weighted by molar-refractivity contribution is -0.122. The van der Waals surface area contributed by atoms with E-state index in [9.17, 15) is 9.59 Å². The Morgan fingerprint density at radius 3 is 2.43 bits per heavy atom. The number of methoxy groups -OCH3 is 2. The molecule has 2 unspecified atom stereocenters. The van der Waals surface area contributed by atoms with Crippen LogP contribution in [0.1, 0.15) is 42.2 Å². The summed E-state index contributed by atoms with van der Waals surface area (Å²) < 4.78 is 10.9. The monoisotopic (exact) mass is 445 g/mol. The van der Waals surface area contributed by atoms with Crippen LogP contribution in [0, 0.1) is 0 Å². The van der Waals surface area contributed by atoms with Crippen molar-refractivity contribution in [2.75, 3.05) is 14.2 Å². The molecule has 4 rings (SSSR count). The summed E-state index contributed by atoms with van der Waals surface area (Å²) >= 11 is 12.2. The summed E-state index contributed by atoms with van der Waals surface area (Å²) in [5.74, 6) is 0.726. The summed E-state index contributed by atoms with van der Waals surface area (Å²) in [6.07, 6.45) is 1.08. The molecule has 0 spiro atoms. The number of ketones is 1. The summed E-state index contributed by atoms with van der Waals surface area (Å²) in [6.45, 7) is 0. The Morgan fingerprint density at radius 1 is 0.933 bits per heavy atom. The number of hydrogen-bond donors (Lipinski definition) is 1. The van der Waals surface area contributed by atoms with Crippen molar-refractivity contribution in [3.05, 3.63) is 68.8 Å². The van der Waals surface area contributed by atoms with E-state index < -0.39 is 0 Å². The molecule has 0 saturated heterocycles. The highest BCUT2D eigenvalue weighted by atomic mass is 35.5. The zero-order valence-corrected chi connectivity index (χ0v) is 18.1. The van der Waals surface area contributed by atoms with E-state index in [1.165, 1.54) is 0 Å². The second-order valence-electron chi connectivity index (χ2n) is 7.51. The maximum absolute atomic E-state index is 13.3. The average molecular weight is 446 g/mol. The minimum absolute atomic E-state index is 0.0159. The van der Waals surface area contributed by atoms with Gasteiger partial charge in [0.1, 0.15) is 11.5 Å². The Hall–Kier alpha value is -2.50. The quantitative estimate of drug-likeness (QED) is 0.717. The summed E-state index contributed by atoms with van der Waals surface area (Å²) in [5.41, 5.74) is 3.03. The Balaban J connectivity index is 1.75. The molecule has 1 heterocycles. The Bertz CT molecular complexity index is 1060. The van der Waals surface area contributed by atoms with Gasteiger partial charge in [-0.25, -0.2) is 0 Å². The minimum Gasteiger partial charge on any atom is -0.497 e. The van der Waals surface area contributed by atoms with E-state index in [-0.39, 0.29) is 29.9 Å². The van der Waals surface area contributed by atoms with Crippen LogP contribution in [0.15, 0.2) is 47.7 Å². The molecule has 0 radical (unpaired) electrons. The average Bonchev–Trinajstić information content (AvgIpc) is 2.74. The summed E-state index contributed by atoms with van der Waals surface area (Å²) in [5, 5.41) is 3.85. The first-order valence-corrected chi connectivity index (χ1v) is 10.4. The van der Waals surface area contributed by atoms with Gasteiger partial charge < -0.3 is 14.8 Å². The topological polar surface area (TPSA) is 64.6 Å². The number of amides is 1. The van der Waals surface area contributed by atoms with Crippen molar-refractivity contribution >= 4 is 34.9 Å². The lowest BCUT2D eigenvalue weighted by Crippen LogP contribution is -2.38. The third-order valence-corrected chi connectivity index (χ3v) is 6.50. The van der Waals surface area contributed by atoms with Crippen molar-refractivity contribution in [1.82, 2.24) is 5.32 Å². The van der Waals surface area contributed by atoms with Crippen LogP contribution in [0.4, 0.5) is 0 Å². The van der Waals surface area contributed by atoms with Crippen LogP contribution in [-0.4, -0.2) is 25.9 Å². The van der Waals surface area contributed by atoms with Gasteiger partial charge in [0.05, 0.1) is 24.3 Å². The zero-order valence-electron chi connectivity index (χ0n) is 16.6. The minimum atomic E-state index is -0.374. The highest BCUT2D eigenvalue weighted by molar-refractivity contribution is 6.42. The van der Waals surface area contributed by atoms with Crippen LogP contribution in [0.5, 0.6) is 11.5 Å². The SMILES string of the molecule is COc1ccc(OC)c(C2CC(=O)NC3=C2C(=O)CC(c2ccc(Cl)c(Cl)c2)C3)c1. The van der Waals surface area contributed by atoms with Gasteiger partial charge in [-0.05, 0) is 48.2 Å². The van der Waals surface area contributed by atoms with Crippen LogP contribution >= 0.6 is 23.2 Å². The first-order chi connectivity index (χ1) is 14.4. The highest BCUT2D eigenvalue weighted by Gasteiger charge is 2.39. The fraction of sp³-hybridized carbons (Fsp3) is 0.304. The molecule has 0 aromatic heterocycles. The number of allylic oxidation sites excluding steroid dienone is 2. The number of benzene rings is 2. The second-order valence-corrected chi connectivity index (χ2v) is 8.32. The van der Waals surface area contributed by atoms with Crippen LogP contribution in [0.25, 0.3) is 0 Å². The fourth-order valence-electron chi connectivity index (χ4n) is 4.34. The van der Waals surface area contributed by atoms with Gasteiger partial charge >= 0.3 is 0 Å². The van der Waals surface area contributed by atoms with Crippen molar-refractivity contribution < 1.29 is 19.1 Å². The van der Waals surface area contributed by atoms with Gasteiger partial charge in [-0.3, -0.25) is 9.59 Å². The van der Waals surface area contributed by atoms with Gasteiger partial charge in [-0.15, -0.1) is 0 Å². The Labute approximate surface area is 185 Å². The second kappa shape index (κ2) is 8.32. The van der Waals surface area contributed by atoms with Crippen molar-refractivity contribution in [3.63, 3.8) is 0 Å². The molecule has 2 aromatic carbocycles. The molecule has 2 aromatic rings. The van der Waals surface area contributed by atoms with Gasteiger partial charge in [0.2, 0.25) is 5.91 Å². The molecule has 0 fully saturated rings. The maximum atomic E-state index is 13.3. The molecule has 156 valence electrons. The molecule has 5 nitrogen and oxygen atoms in total. The number of halogens is 2. The maximum Gasteiger partial charge on any atom is 0.225 e. The van der Waals surface area contributed by atoms with E-state index in [2.05, 4.69) is 5.32 Å². The van der Waals surface area contributed by atoms with Crippen LogP contribution in [0.2, 0.25) is 10.0 Å². The smallest absolute Gasteiger partial charge is 0.225 e. The standard InChI is InChI=1S/C23H21Cl2NO4/c1-29-14-4-6-21(30-2)15(10-14)16-11-22(28)26-19-8-13(9-20(27)23(16)19)12-3-5-17(24)18(25)7-12/h3-7,10,13,16H,8-9,11H2,1-2H3,(H,26,28). The Morgan fingerprint density at radius 2 is 1.73 bits per heavy atom. The molecule has 1 aliphatic heterocycles. The molecule has 30 heavy (non-hydrogen) atoms. The van der Waals surface area contributed by atoms with Gasteiger partial charge in [0.25, 0.3) is 0 Å². The molecule has 0 saturated carbocycles. The third kappa shape index (κ3) is 3.80. The van der Waals surface area contributed by atoms with Gasteiger partial charge in [-0.2, -0.15) is 0 Å². The predicted molar refractivity (Wildman–Crippen MR) is 116 cm³/mol. The Kier molecular flexibility index (Phi) is 5.76. The first-order valence-electron chi connectivity index (χ1n) is 9.64. The van der Waals surface area contributed by atoms with E-state index in [1.807, 2.05) is 12.1 Å². The number of Topliss-reactive ketones (excluding diaryl/α,β-unsaturated/α-hetero) is 1. The molecule has 1 N–H and O–H groups in total. The van der Waals surface area contributed by atoms with Crippen LogP contribution in [0.3, 0.4) is 0 Å². The first kappa shape index (κ1) is 20.8. The number of rotatable bonds is 4. The van der Waals surface area contributed by atoms with Gasteiger partial charge in [-0.1, -0.05) is 29.3 Å². The highest BCUT2D eigenvalue weighted by Crippen LogP contribution is 2.45. The molecular formula is C23H21Cl2NO4. The van der Waals surface area contributed by atoms with Crippen molar-refractivity contribution in [3.8, 4) is 11.5 Å². The fourth-order valence-corrected chi connectivity index (χ4v) is 4.65. The lowest BCUT2D eigenvalue weighted by Gasteiger charge is -2.35. The molecule has 1 amide bonds. The van der Waals surface area contributed by atoms with Crippen LogP contribution < -0.4 is 14.8 Å². The molecule has 2 aliphatic rings. The lowest BCUT2D eigenvalue weighted by atomic mass is 9.73. The van der Waals surface area contributed by atoms with E-state index >= 15 is 0 Å². The predicted octanol–water partition coefficient (Wildman–Crippen LogP) is 5.01. The molecule has 1 aliphatic carbocycles. The van der Waals surface area contributed by atoms with Crippen molar-refractivity contribution in [2.45, 2.75) is 31.1 Å². The number of ether oxygens (including phenoxy) is 2. The number of nitrogens with one attached hydrogen (secondary N) is 1. The van der Waals surface area contributed by atoms with E-state index in [4.69, 9.17) is 32.7 Å². The third-order valence-electron chi connectivity index (χ3n) is 5.76. The van der Waals surface area contributed by atoms with Crippen molar-refractivity contribution in [2.24, 2.45) is 0 Å². The molecule has 7 heteroatoms. The molecule has 2 atom stereocenters. The zero-order chi connectivity index (χ0) is 21.4. The van der Waals surface area contributed by atoms with Gasteiger partial charge in [0, 0.05) is 35.6 Å². The largest absolute Gasteiger partial charge is 0.497 e. The molecule has 0 bridgehead atoms. The number of carbonyl (C=O) groups is 2. The summed E-state index contributed by atoms with van der Waals surface area (Å²) in [7, 11) is 3.16. The summed E-state index contributed by atoms with van der Waals surface area (Å²) in [4.78, 5) is 25.8. The van der Waals surface area contributed by atoms with Crippen molar-refractivity contribution in [1.29, 1.82) is 0 Å². The number of carbonyl (C=O) groups excluding carboxylic acids is 2. The van der Waals surface area contributed by atoms with E-state index in [1.54, 1.807) is 38.5 Å². The normalized spacial score (nSPS) is 21.2. The number of hydrogen-bond acceptors (Lipinski definition) is 4. The van der Waals surface area contributed by atoms with E-state index in [0.717, 1.165) is 11.1 Å². The molecular weight excluding hydrogens is 425 g/mol. The van der Waals surface area contributed by atoms with E-state index in [0.29, 0.717) is 45.7 Å².